The van der Waals surface area contributed by atoms with Gasteiger partial charge in [-0.2, -0.15) is 0 Å². The zero-order chi connectivity index (χ0) is 24.6. The molecule has 0 saturated heterocycles. The number of carbonyl (C=O) groups excluding carboxylic acids is 1. The van der Waals surface area contributed by atoms with Crippen molar-refractivity contribution in [1.29, 1.82) is 0 Å². The van der Waals surface area contributed by atoms with Gasteiger partial charge in [0.2, 0.25) is 0 Å². The average molecular weight is 491 g/mol. The van der Waals surface area contributed by atoms with Crippen LogP contribution in [0.4, 0.5) is 13.6 Å². The summed E-state index contributed by atoms with van der Waals surface area (Å²) in [4.78, 5) is 16.5. The Morgan fingerprint density at radius 3 is 2.50 bits per heavy atom. The highest BCUT2D eigenvalue weighted by atomic mass is 35.5. The van der Waals surface area contributed by atoms with Crippen molar-refractivity contribution in [2.75, 3.05) is 19.7 Å². The van der Waals surface area contributed by atoms with Crippen LogP contribution in [0.25, 0.3) is 0 Å². The number of carbonyl (C=O) groups is 1. The molecule has 0 radical (unpaired) electrons. The zero-order valence-corrected chi connectivity index (χ0v) is 20.3. The van der Waals surface area contributed by atoms with Gasteiger partial charge in [-0.05, 0) is 62.6 Å². The first-order valence-electron chi connectivity index (χ1n) is 11.4. The molecule has 0 bridgehead atoms. The van der Waals surface area contributed by atoms with Gasteiger partial charge in [-0.3, -0.25) is 4.99 Å². The molecule has 1 aliphatic carbocycles. The molecular formula is C26H29ClF2N2O3. The van der Waals surface area contributed by atoms with E-state index in [-0.39, 0.29) is 26.0 Å². The maximum absolute atomic E-state index is 14.2. The van der Waals surface area contributed by atoms with Crippen LogP contribution in [0.1, 0.15) is 50.3 Å². The minimum absolute atomic E-state index is 0.241. The quantitative estimate of drug-likeness (QED) is 0.508. The summed E-state index contributed by atoms with van der Waals surface area (Å²) in [6.45, 7) is 6.46. The molecule has 2 aromatic rings. The molecule has 0 unspecified atom stereocenters. The Bertz CT molecular complexity index is 1090. The minimum atomic E-state index is -2.73. The number of nitrogens with one attached hydrogen (secondary N) is 1. The largest absolute Gasteiger partial charge is 0.492 e. The first-order valence-corrected chi connectivity index (χ1v) is 11.8. The summed E-state index contributed by atoms with van der Waals surface area (Å²) >= 11 is 6.05. The molecule has 8 heteroatoms. The summed E-state index contributed by atoms with van der Waals surface area (Å²) < 4.78 is 39.5. The molecule has 0 spiro atoms. The number of alkyl carbamates (subject to hydrolysis) is 1. The molecule has 5 nitrogen and oxygen atoms in total. The van der Waals surface area contributed by atoms with E-state index >= 15 is 0 Å². The Morgan fingerprint density at radius 2 is 1.85 bits per heavy atom. The maximum atomic E-state index is 14.2. The first kappa shape index (κ1) is 24.5. The molecule has 1 N–H and O–H groups in total. The lowest BCUT2D eigenvalue weighted by Gasteiger charge is -2.49. The lowest BCUT2D eigenvalue weighted by Crippen LogP contribution is -2.55. The van der Waals surface area contributed by atoms with Crippen molar-refractivity contribution in [2.45, 2.75) is 57.0 Å². The van der Waals surface area contributed by atoms with Gasteiger partial charge in [0, 0.05) is 35.4 Å². The third-order valence-electron chi connectivity index (χ3n) is 6.00. The summed E-state index contributed by atoms with van der Waals surface area (Å²) in [6, 6.07) is 12.8. The van der Waals surface area contributed by atoms with Crippen LogP contribution in [-0.4, -0.2) is 43.0 Å². The van der Waals surface area contributed by atoms with Crippen LogP contribution in [0.5, 0.6) is 5.75 Å². The number of alkyl halides is 2. The maximum Gasteiger partial charge on any atom is 0.407 e. The lowest BCUT2D eigenvalue weighted by molar-refractivity contribution is -0.105. The number of rotatable bonds is 6. The van der Waals surface area contributed by atoms with E-state index in [0.29, 0.717) is 23.0 Å². The number of hydrogen-bond donors (Lipinski definition) is 1. The van der Waals surface area contributed by atoms with Crippen LogP contribution >= 0.6 is 11.6 Å². The number of hydrogen-bond acceptors (Lipinski definition) is 4. The molecule has 1 aliphatic heterocycles. The Balaban J connectivity index is 1.51. The topological polar surface area (TPSA) is 59.9 Å². The van der Waals surface area contributed by atoms with Crippen LogP contribution in [0, 0.1) is 0 Å². The highest BCUT2D eigenvalue weighted by Crippen LogP contribution is 2.56. The van der Waals surface area contributed by atoms with E-state index in [9.17, 15) is 13.6 Å². The van der Waals surface area contributed by atoms with Crippen molar-refractivity contribution in [2.24, 2.45) is 4.99 Å². The highest BCUT2D eigenvalue weighted by Gasteiger charge is 2.60. The van der Waals surface area contributed by atoms with Crippen molar-refractivity contribution in [3.63, 3.8) is 0 Å². The average Bonchev–Trinajstić information content (AvgIpc) is 2.73. The van der Waals surface area contributed by atoms with E-state index in [0.717, 1.165) is 23.1 Å². The van der Waals surface area contributed by atoms with E-state index in [2.05, 4.69) is 5.32 Å². The molecule has 2 aromatic carbocycles. The summed E-state index contributed by atoms with van der Waals surface area (Å²) in [5.74, 6) is -2.14. The minimum Gasteiger partial charge on any atom is -0.492 e. The molecule has 0 atom stereocenters. The van der Waals surface area contributed by atoms with Crippen LogP contribution in [0.3, 0.4) is 0 Å². The highest BCUT2D eigenvalue weighted by molar-refractivity contribution is 6.30. The molecule has 2 aliphatic rings. The summed E-state index contributed by atoms with van der Waals surface area (Å²) in [5, 5.41) is 3.22. The molecule has 182 valence electrons. The van der Waals surface area contributed by atoms with E-state index in [1.165, 1.54) is 0 Å². The fourth-order valence-corrected chi connectivity index (χ4v) is 4.74. The second kappa shape index (κ2) is 9.17. The number of nitrogens with zero attached hydrogens (tertiary/aromatic N) is 1. The SMILES string of the molecule is CC(C)(C)OC(=O)NCCOc1ccc2c(c1)C(C1(c3ccc(Cl)cc3)CC(F)(F)C1)=NCC2. The molecule has 1 saturated carbocycles. The van der Waals surface area contributed by atoms with Crippen LogP contribution < -0.4 is 10.1 Å². The smallest absolute Gasteiger partial charge is 0.407 e. The summed E-state index contributed by atoms with van der Waals surface area (Å²) in [7, 11) is 0. The number of halogens is 3. The number of ether oxygens (including phenoxy) is 2. The molecular weight excluding hydrogens is 462 g/mol. The molecule has 1 amide bonds. The molecule has 0 aromatic heterocycles. The van der Waals surface area contributed by atoms with Crippen molar-refractivity contribution in [3.8, 4) is 5.75 Å². The summed E-state index contributed by atoms with van der Waals surface area (Å²) in [5.41, 5.74) is 1.95. The van der Waals surface area contributed by atoms with Crippen molar-refractivity contribution in [1.82, 2.24) is 5.32 Å². The van der Waals surface area contributed by atoms with Crippen molar-refractivity contribution >= 4 is 23.4 Å². The summed E-state index contributed by atoms with van der Waals surface area (Å²) in [6.07, 6.45) is -0.339. The standard InChI is InChI=1S/C26H29ClF2N2O3/c1-24(2,3)34-23(32)31-12-13-33-20-9-4-17-10-11-30-22(21(17)14-20)25(15-26(28,29)16-25)18-5-7-19(27)8-6-18/h4-9,14H,10-13,15-16H2,1-3H3,(H,31,32). The second-order valence-electron chi connectivity index (χ2n) is 9.87. The van der Waals surface area contributed by atoms with E-state index in [4.69, 9.17) is 26.1 Å². The molecule has 4 rings (SSSR count). The van der Waals surface area contributed by atoms with Gasteiger partial charge in [-0.25, -0.2) is 13.6 Å². The molecule has 1 heterocycles. The van der Waals surface area contributed by atoms with Crippen LogP contribution in [0.2, 0.25) is 5.02 Å². The van der Waals surface area contributed by atoms with E-state index in [1.54, 1.807) is 32.9 Å². The monoisotopic (exact) mass is 490 g/mol. The Labute approximate surface area is 203 Å². The van der Waals surface area contributed by atoms with Gasteiger partial charge in [0.25, 0.3) is 5.92 Å². The van der Waals surface area contributed by atoms with Crippen molar-refractivity contribution in [3.05, 3.63) is 64.2 Å². The van der Waals surface area contributed by atoms with Gasteiger partial charge in [0.15, 0.2) is 0 Å². The third kappa shape index (κ3) is 5.35. The van der Waals surface area contributed by atoms with E-state index in [1.807, 2.05) is 30.3 Å². The van der Waals surface area contributed by atoms with Gasteiger partial charge in [-0.1, -0.05) is 29.8 Å². The fraction of sp³-hybridized carbons (Fsp3) is 0.462. The van der Waals surface area contributed by atoms with Crippen molar-refractivity contribution < 1.29 is 23.0 Å². The Kier molecular flexibility index (Phi) is 6.60. The number of benzene rings is 2. The van der Waals surface area contributed by atoms with Gasteiger partial charge in [-0.15, -0.1) is 0 Å². The van der Waals surface area contributed by atoms with Crippen LogP contribution in [-0.2, 0) is 16.6 Å². The molecule has 1 fully saturated rings. The Hall–Kier alpha value is -2.67. The predicted octanol–water partition coefficient (Wildman–Crippen LogP) is 5.96. The second-order valence-corrected chi connectivity index (χ2v) is 10.3. The number of fused-ring (bicyclic) bond motifs is 1. The number of amides is 1. The lowest BCUT2D eigenvalue weighted by atomic mass is 9.57. The van der Waals surface area contributed by atoms with Gasteiger partial charge in [0.05, 0.1) is 12.3 Å². The third-order valence-corrected chi connectivity index (χ3v) is 6.25. The first-order chi connectivity index (χ1) is 16.0. The number of aliphatic imine (C=N–C) groups is 1. The predicted molar refractivity (Wildman–Crippen MR) is 129 cm³/mol. The van der Waals surface area contributed by atoms with Gasteiger partial charge >= 0.3 is 6.09 Å². The zero-order valence-electron chi connectivity index (χ0n) is 19.6. The fourth-order valence-electron chi connectivity index (χ4n) is 4.61. The normalized spacial score (nSPS) is 18.2. The molecule has 34 heavy (non-hydrogen) atoms. The van der Waals surface area contributed by atoms with Crippen LogP contribution in [0.15, 0.2) is 47.5 Å². The van der Waals surface area contributed by atoms with Gasteiger partial charge < -0.3 is 14.8 Å². The van der Waals surface area contributed by atoms with Gasteiger partial charge in [0.1, 0.15) is 18.0 Å². The van der Waals surface area contributed by atoms with E-state index < -0.39 is 23.0 Å². The Morgan fingerprint density at radius 1 is 1.15 bits per heavy atom.